The topological polar surface area (TPSA) is 0 Å². The van der Waals surface area contributed by atoms with Gasteiger partial charge in [-0.2, -0.15) is 0 Å². The van der Waals surface area contributed by atoms with Gasteiger partial charge in [0.2, 0.25) is 0 Å². The molecule has 1 aromatic rings. The highest BCUT2D eigenvalue weighted by atomic mass is 32.1. The van der Waals surface area contributed by atoms with E-state index in [4.69, 9.17) is 0 Å². The van der Waals surface area contributed by atoms with Crippen molar-refractivity contribution in [2.45, 2.75) is 59.8 Å². The maximum absolute atomic E-state index is 2.44. The maximum Gasteiger partial charge on any atom is 0.00534 e. The molecule has 1 unspecified atom stereocenters. The van der Waals surface area contributed by atoms with E-state index in [1.165, 1.54) is 37.0 Å². The number of thiophene rings is 1. The number of unbranched alkanes of at least 4 members (excludes halogenated alkanes) is 1. The van der Waals surface area contributed by atoms with E-state index in [1.807, 2.05) is 11.3 Å². The first-order valence-corrected chi connectivity index (χ1v) is 6.96. The summed E-state index contributed by atoms with van der Waals surface area (Å²) in [5.41, 5.74) is 0.521. The molecule has 0 amide bonds. The first-order valence-electron chi connectivity index (χ1n) is 6.15. The predicted molar refractivity (Wildman–Crippen MR) is 70.7 cm³/mol. The normalized spacial score (nSPS) is 15.2. The van der Waals surface area contributed by atoms with Gasteiger partial charge in [0.25, 0.3) is 0 Å². The van der Waals surface area contributed by atoms with Gasteiger partial charge in [-0.3, -0.25) is 0 Å². The molecule has 0 N–H and O–H groups in total. The average Bonchev–Trinajstić information content (AvgIpc) is 2.61. The second-order valence-electron chi connectivity index (χ2n) is 4.96. The molecule has 1 aromatic heterocycles. The summed E-state index contributed by atoms with van der Waals surface area (Å²) in [6, 6.07) is 4.55. The lowest BCUT2D eigenvalue weighted by atomic mass is 9.79. The molecule has 0 radical (unpaired) electrons. The molecule has 15 heavy (non-hydrogen) atoms. The van der Waals surface area contributed by atoms with Crippen LogP contribution in [-0.2, 0) is 6.42 Å². The molecule has 86 valence electrons. The van der Waals surface area contributed by atoms with Gasteiger partial charge in [-0.1, -0.05) is 40.0 Å². The molecule has 1 atom stereocenters. The fourth-order valence-corrected chi connectivity index (χ4v) is 3.10. The van der Waals surface area contributed by atoms with Gasteiger partial charge in [-0.15, -0.1) is 11.3 Å². The van der Waals surface area contributed by atoms with Crippen LogP contribution in [0.2, 0.25) is 0 Å². The summed E-state index contributed by atoms with van der Waals surface area (Å²) in [6.45, 7) is 9.25. The molecular weight excluding hydrogens is 200 g/mol. The number of hydrogen-bond donors (Lipinski definition) is 0. The Morgan fingerprint density at radius 3 is 2.47 bits per heavy atom. The second-order valence-corrected chi connectivity index (χ2v) is 6.33. The van der Waals surface area contributed by atoms with E-state index in [2.05, 4.69) is 39.8 Å². The molecule has 0 saturated carbocycles. The van der Waals surface area contributed by atoms with Gasteiger partial charge in [-0.05, 0) is 37.3 Å². The highest BCUT2D eigenvalue weighted by Crippen LogP contribution is 2.34. The van der Waals surface area contributed by atoms with E-state index < -0.39 is 0 Å². The third kappa shape index (κ3) is 3.98. The Morgan fingerprint density at radius 2 is 2.00 bits per heavy atom. The molecule has 0 aliphatic carbocycles. The monoisotopic (exact) mass is 224 g/mol. The van der Waals surface area contributed by atoms with Crippen molar-refractivity contribution < 1.29 is 0 Å². The molecule has 0 aromatic carbocycles. The number of rotatable bonds is 6. The van der Waals surface area contributed by atoms with Crippen LogP contribution in [0.25, 0.3) is 0 Å². The largest absolute Gasteiger partial charge is 0.146 e. The summed E-state index contributed by atoms with van der Waals surface area (Å²) in [5.74, 6) is 0. The van der Waals surface area contributed by atoms with E-state index in [0.29, 0.717) is 5.41 Å². The van der Waals surface area contributed by atoms with Crippen LogP contribution in [-0.4, -0.2) is 0 Å². The van der Waals surface area contributed by atoms with Gasteiger partial charge >= 0.3 is 0 Å². The van der Waals surface area contributed by atoms with Crippen molar-refractivity contribution in [3.8, 4) is 0 Å². The molecule has 0 nitrogen and oxygen atoms in total. The van der Waals surface area contributed by atoms with Gasteiger partial charge < -0.3 is 0 Å². The molecule has 1 heterocycles. The Labute approximate surface area is 98.7 Å². The van der Waals surface area contributed by atoms with Crippen LogP contribution in [0.3, 0.4) is 0 Å². The predicted octanol–water partition coefficient (Wildman–Crippen LogP) is 5.21. The van der Waals surface area contributed by atoms with Gasteiger partial charge in [0.15, 0.2) is 0 Å². The molecular formula is C14H24S. The van der Waals surface area contributed by atoms with Crippen LogP contribution in [0.1, 0.15) is 56.2 Å². The summed E-state index contributed by atoms with van der Waals surface area (Å²) in [7, 11) is 0. The van der Waals surface area contributed by atoms with E-state index in [1.54, 1.807) is 4.88 Å². The zero-order valence-corrected chi connectivity index (χ0v) is 11.4. The fourth-order valence-electron chi connectivity index (χ4n) is 1.99. The fraction of sp³-hybridized carbons (Fsp3) is 0.714. The summed E-state index contributed by atoms with van der Waals surface area (Å²) in [4.78, 5) is 3.01. The van der Waals surface area contributed by atoms with Crippen molar-refractivity contribution in [3.63, 3.8) is 0 Å². The van der Waals surface area contributed by atoms with Gasteiger partial charge in [0, 0.05) is 9.75 Å². The minimum Gasteiger partial charge on any atom is -0.146 e. The average molecular weight is 224 g/mol. The van der Waals surface area contributed by atoms with Crippen molar-refractivity contribution in [2.75, 3.05) is 0 Å². The first-order chi connectivity index (χ1) is 7.09. The summed E-state index contributed by atoms with van der Waals surface area (Å²) >= 11 is 1.96. The SMILES string of the molecule is CCCCC(C)(CC)Cc1ccc(C)s1. The number of hydrogen-bond acceptors (Lipinski definition) is 1. The van der Waals surface area contributed by atoms with Crippen molar-refractivity contribution >= 4 is 11.3 Å². The third-order valence-corrected chi connectivity index (χ3v) is 4.39. The Hall–Kier alpha value is -0.300. The zero-order valence-electron chi connectivity index (χ0n) is 10.6. The minimum atomic E-state index is 0.521. The van der Waals surface area contributed by atoms with Crippen LogP contribution in [0.15, 0.2) is 12.1 Å². The Balaban J connectivity index is 2.59. The summed E-state index contributed by atoms with van der Waals surface area (Å²) < 4.78 is 0. The van der Waals surface area contributed by atoms with Crippen molar-refractivity contribution in [2.24, 2.45) is 5.41 Å². The van der Waals surface area contributed by atoms with Crippen LogP contribution in [0, 0.1) is 12.3 Å². The first kappa shape index (κ1) is 12.8. The maximum atomic E-state index is 2.44. The van der Waals surface area contributed by atoms with Crippen LogP contribution < -0.4 is 0 Å². The molecule has 1 heteroatoms. The smallest absolute Gasteiger partial charge is 0.00534 e. The third-order valence-electron chi connectivity index (χ3n) is 3.38. The second kappa shape index (κ2) is 5.69. The number of aryl methyl sites for hydroxylation is 1. The Kier molecular flexibility index (Phi) is 4.85. The quantitative estimate of drug-likeness (QED) is 0.622. The molecule has 0 bridgehead atoms. The Morgan fingerprint density at radius 1 is 1.27 bits per heavy atom. The van der Waals surface area contributed by atoms with Crippen LogP contribution in [0.4, 0.5) is 0 Å². The summed E-state index contributed by atoms with van der Waals surface area (Å²) in [5, 5.41) is 0. The molecule has 0 saturated heterocycles. The highest BCUT2D eigenvalue weighted by Gasteiger charge is 2.22. The van der Waals surface area contributed by atoms with E-state index in [9.17, 15) is 0 Å². The lowest BCUT2D eigenvalue weighted by Gasteiger charge is -2.27. The molecule has 0 spiro atoms. The lowest BCUT2D eigenvalue weighted by Crippen LogP contribution is -2.17. The molecule has 0 aliphatic rings. The Bertz CT molecular complexity index is 287. The molecule has 0 fully saturated rings. The lowest BCUT2D eigenvalue weighted by molar-refractivity contribution is 0.275. The molecule has 0 aliphatic heterocycles. The van der Waals surface area contributed by atoms with E-state index in [0.717, 1.165) is 0 Å². The van der Waals surface area contributed by atoms with Gasteiger partial charge in [0.05, 0.1) is 0 Å². The highest BCUT2D eigenvalue weighted by molar-refractivity contribution is 7.11. The minimum absolute atomic E-state index is 0.521. The van der Waals surface area contributed by atoms with Crippen molar-refractivity contribution in [1.82, 2.24) is 0 Å². The standard InChI is InChI=1S/C14H24S/c1-5-7-10-14(4,6-2)11-13-9-8-12(3)15-13/h8-9H,5-7,10-11H2,1-4H3. The molecule has 1 rings (SSSR count). The zero-order chi connectivity index (χ0) is 11.3. The van der Waals surface area contributed by atoms with E-state index >= 15 is 0 Å². The van der Waals surface area contributed by atoms with Crippen molar-refractivity contribution in [1.29, 1.82) is 0 Å². The van der Waals surface area contributed by atoms with Gasteiger partial charge in [0.1, 0.15) is 0 Å². The van der Waals surface area contributed by atoms with Crippen LogP contribution >= 0.6 is 11.3 Å². The van der Waals surface area contributed by atoms with Gasteiger partial charge in [-0.25, -0.2) is 0 Å². The van der Waals surface area contributed by atoms with Crippen molar-refractivity contribution in [3.05, 3.63) is 21.9 Å². The summed E-state index contributed by atoms with van der Waals surface area (Å²) in [6.07, 6.45) is 6.62. The van der Waals surface area contributed by atoms with Crippen LogP contribution in [0.5, 0.6) is 0 Å². The van der Waals surface area contributed by atoms with E-state index in [-0.39, 0.29) is 0 Å².